The molecular weight excluding hydrogens is 418 g/mol. The van der Waals surface area contributed by atoms with Gasteiger partial charge in [0.05, 0.1) is 7.11 Å². The third kappa shape index (κ3) is 4.87. The van der Waals surface area contributed by atoms with Crippen LogP contribution in [0.1, 0.15) is 49.7 Å². The fourth-order valence-electron chi connectivity index (χ4n) is 5.02. The summed E-state index contributed by atoms with van der Waals surface area (Å²) < 4.78 is 5.26. The maximum Gasteiger partial charge on any atom is 0.313 e. The molecule has 174 valence electrons. The van der Waals surface area contributed by atoms with Crippen LogP contribution in [0, 0.1) is 6.92 Å². The zero-order chi connectivity index (χ0) is 23.4. The van der Waals surface area contributed by atoms with E-state index >= 15 is 0 Å². The van der Waals surface area contributed by atoms with E-state index in [0.29, 0.717) is 25.2 Å². The maximum absolute atomic E-state index is 12.6. The van der Waals surface area contributed by atoms with Gasteiger partial charge in [0.1, 0.15) is 5.75 Å². The molecule has 0 radical (unpaired) electrons. The fourth-order valence-corrected chi connectivity index (χ4v) is 5.02. The molecular formula is C26H31N3O4. The summed E-state index contributed by atoms with van der Waals surface area (Å²) in [5.74, 6) is -0.425. The third-order valence-corrected chi connectivity index (χ3v) is 6.88. The first-order valence-corrected chi connectivity index (χ1v) is 11.6. The molecule has 4 rings (SSSR count). The molecule has 2 fully saturated rings. The Kier molecular flexibility index (Phi) is 6.67. The number of methoxy groups -OCH3 is 1. The highest BCUT2D eigenvalue weighted by molar-refractivity contribution is 6.39. The molecule has 2 N–H and O–H groups in total. The number of aryl methyl sites for hydroxylation is 1. The van der Waals surface area contributed by atoms with Gasteiger partial charge in [0.25, 0.3) is 0 Å². The highest BCUT2D eigenvalue weighted by atomic mass is 16.5. The van der Waals surface area contributed by atoms with Gasteiger partial charge in [0.15, 0.2) is 0 Å². The van der Waals surface area contributed by atoms with Crippen LogP contribution in [0.4, 0.5) is 11.4 Å². The zero-order valence-electron chi connectivity index (χ0n) is 19.3. The normalized spacial score (nSPS) is 17.2. The third-order valence-electron chi connectivity index (χ3n) is 6.88. The lowest BCUT2D eigenvalue weighted by molar-refractivity contribution is -0.136. The van der Waals surface area contributed by atoms with Crippen molar-refractivity contribution in [3.8, 4) is 5.75 Å². The Morgan fingerprint density at radius 3 is 2.36 bits per heavy atom. The van der Waals surface area contributed by atoms with Gasteiger partial charge in [-0.1, -0.05) is 25.0 Å². The Morgan fingerprint density at radius 1 is 1.03 bits per heavy atom. The largest absolute Gasteiger partial charge is 0.497 e. The number of ether oxygens (including phenoxy) is 1. The molecule has 2 aromatic rings. The lowest BCUT2D eigenvalue weighted by Gasteiger charge is -2.30. The molecule has 0 aromatic heterocycles. The molecule has 1 aliphatic carbocycles. The first-order chi connectivity index (χ1) is 15.9. The molecule has 3 amide bonds. The summed E-state index contributed by atoms with van der Waals surface area (Å²) in [5, 5.41) is 5.54. The van der Waals surface area contributed by atoms with Crippen molar-refractivity contribution in [1.29, 1.82) is 0 Å². The Morgan fingerprint density at radius 2 is 1.76 bits per heavy atom. The summed E-state index contributed by atoms with van der Waals surface area (Å²) in [6.45, 7) is 3.03. The summed E-state index contributed by atoms with van der Waals surface area (Å²) in [5.41, 5.74) is 3.26. The Balaban J connectivity index is 1.38. The average Bonchev–Trinajstić information content (AvgIpc) is 3.47. The second kappa shape index (κ2) is 9.65. The highest BCUT2D eigenvalue weighted by Gasteiger charge is 2.36. The molecule has 0 bridgehead atoms. The van der Waals surface area contributed by atoms with Crippen molar-refractivity contribution in [2.24, 2.45) is 0 Å². The maximum atomic E-state index is 12.6. The smallest absolute Gasteiger partial charge is 0.313 e. The number of benzene rings is 2. The molecule has 0 atom stereocenters. The van der Waals surface area contributed by atoms with Crippen molar-refractivity contribution >= 4 is 29.1 Å². The van der Waals surface area contributed by atoms with Crippen LogP contribution in [-0.4, -0.2) is 37.9 Å². The van der Waals surface area contributed by atoms with Crippen LogP contribution in [0.5, 0.6) is 5.75 Å². The number of carbonyl (C=O) groups excluding carboxylic acids is 3. The van der Waals surface area contributed by atoms with Crippen molar-refractivity contribution < 1.29 is 19.1 Å². The number of rotatable bonds is 6. The quantitative estimate of drug-likeness (QED) is 0.659. The predicted octanol–water partition coefficient (Wildman–Crippen LogP) is 3.70. The summed E-state index contributed by atoms with van der Waals surface area (Å²) in [4.78, 5) is 38.9. The Labute approximate surface area is 194 Å². The van der Waals surface area contributed by atoms with Crippen LogP contribution in [0.2, 0.25) is 0 Å². The van der Waals surface area contributed by atoms with E-state index in [2.05, 4.69) is 10.6 Å². The molecule has 1 saturated heterocycles. The molecule has 1 saturated carbocycles. The second-order valence-electron chi connectivity index (χ2n) is 9.00. The molecule has 2 aliphatic rings. The van der Waals surface area contributed by atoms with Gasteiger partial charge in [0, 0.05) is 36.3 Å². The van der Waals surface area contributed by atoms with Crippen molar-refractivity contribution in [3.05, 3.63) is 53.6 Å². The monoisotopic (exact) mass is 449 g/mol. The SMILES string of the molecule is COc1ccc(C2(CNC(=O)C(=O)Nc3ccc(N4CCCC4=O)c(C)c3)CCCC2)cc1. The van der Waals surface area contributed by atoms with E-state index in [0.717, 1.165) is 54.7 Å². The summed E-state index contributed by atoms with van der Waals surface area (Å²) in [6.07, 6.45) is 5.55. The van der Waals surface area contributed by atoms with Crippen molar-refractivity contribution in [3.63, 3.8) is 0 Å². The number of amides is 3. The van der Waals surface area contributed by atoms with Gasteiger partial charge in [-0.2, -0.15) is 0 Å². The van der Waals surface area contributed by atoms with Crippen LogP contribution in [0.15, 0.2) is 42.5 Å². The van der Waals surface area contributed by atoms with Gasteiger partial charge in [-0.25, -0.2) is 0 Å². The number of nitrogens with one attached hydrogen (secondary N) is 2. The second-order valence-corrected chi connectivity index (χ2v) is 9.00. The van der Waals surface area contributed by atoms with Crippen molar-refractivity contribution in [2.45, 2.75) is 50.9 Å². The molecule has 0 spiro atoms. The lowest BCUT2D eigenvalue weighted by atomic mass is 9.78. The van der Waals surface area contributed by atoms with Crippen LogP contribution in [0.3, 0.4) is 0 Å². The number of nitrogens with zero attached hydrogens (tertiary/aromatic N) is 1. The highest BCUT2D eigenvalue weighted by Crippen LogP contribution is 2.41. The Hall–Kier alpha value is -3.35. The van der Waals surface area contributed by atoms with E-state index < -0.39 is 11.8 Å². The van der Waals surface area contributed by atoms with Crippen molar-refractivity contribution in [2.75, 3.05) is 30.4 Å². The summed E-state index contributed by atoms with van der Waals surface area (Å²) in [7, 11) is 1.64. The molecule has 7 heteroatoms. The summed E-state index contributed by atoms with van der Waals surface area (Å²) >= 11 is 0. The Bertz CT molecular complexity index is 1040. The fraction of sp³-hybridized carbons (Fsp3) is 0.423. The zero-order valence-corrected chi connectivity index (χ0v) is 19.3. The molecule has 0 unspecified atom stereocenters. The number of anilines is 2. The van der Waals surface area contributed by atoms with E-state index in [1.54, 1.807) is 24.1 Å². The van der Waals surface area contributed by atoms with Gasteiger partial charge in [0.2, 0.25) is 5.91 Å². The first-order valence-electron chi connectivity index (χ1n) is 11.6. The van der Waals surface area contributed by atoms with E-state index in [1.807, 2.05) is 37.3 Å². The molecule has 1 aliphatic heterocycles. The molecule has 7 nitrogen and oxygen atoms in total. The van der Waals surface area contributed by atoms with Crippen LogP contribution >= 0.6 is 0 Å². The van der Waals surface area contributed by atoms with Gasteiger partial charge < -0.3 is 20.3 Å². The molecule has 2 aromatic carbocycles. The minimum atomic E-state index is -0.692. The molecule has 1 heterocycles. The predicted molar refractivity (Wildman–Crippen MR) is 128 cm³/mol. The average molecular weight is 450 g/mol. The molecule has 33 heavy (non-hydrogen) atoms. The van der Waals surface area contributed by atoms with Crippen LogP contribution < -0.4 is 20.3 Å². The van der Waals surface area contributed by atoms with Gasteiger partial charge in [-0.15, -0.1) is 0 Å². The topological polar surface area (TPSA) is 87.7 Å². The van der Waals surface area contributed by atoms with Crippen molar-refractivity contribution in [1.82, 2.24) is 5.32 Å². The number of hydrogen-bond acceptors (Lipinski definition) is 4. The van der Waals surface area contributed by atoms with E-state index in [4.69, 9.17) is 4.74 Å². The van der Waals surface area contributed by atoms with E-state index in [9.17, 15) is 14.4 Å². The first kappa shape index (κ1) is 22.8. The standard InChI is InChI=1S/C26H31N3O4/c1-18-16-20(9-12-22(18)29-15-5-6-23(29)30)28-25(32)24(31)27-17-26(13-3-4-14-26)19-7-10-21(33-2)11-8-19/h7-12,16H,3-6,13-15,17H2,1-2H3,(H,27,31)(H,28,32). The number of carbonyl (C=O) groups is 3. The van der Waals surface area contributed by atoms with Crippen LogP contribution in [0.25, 0.3) is 0 Å². The summed E-state index contributed by atoms with van der Waals surface area (Å²) in [6, 6.07) is 13.3. The van der Waals surface area contributed by atoms with Gasteiger partial charge in [-0.3, -0.25) is 14.4 Å². The minimum absolute atomic E-state index is 0.118. The van der Waals surface area contributed by atoms with Crippen LogP contribution in [-0.2, 0) is 19.8 Å². The number of hydrogen-bond donors (Lipinski definition) is 2. The van der Waals surface area contributed by atoms with Gasteiger partial charge >= 0.3 is 11.8 Å². The van der Waals surface area contributed by atoms with Gasteiger partial charge in [-0.05, 0) is 67.6 Å². The van der Waals surface area contributed by atoms with E-state index in [1.165, 1.54) is 0 Å². The lowest BCUT2D eigenvalue weighted by Crippen LogP contribution is -2.43. The van der Waals surface area contributed by atoms with E-state index in [-0.39, 0.29) is 11.3 Å². The minimum Gasteiger partial charge on any atom is -0.497 e.